The molecule has 1 heterocycles. The SMILES string of the molecule is CC(=O)OCC1O[C@H](F)C(OC(C)=O)[C@@H](C)[C@@H]1C. The minimum Gasteiger partial charge on any atom is -0.463 e. The lowest BCUT2D eigenvalue weighted by Crippen LogP contribution is -2.50. The summed E-state index contributed by atoms with van der Waals surface area (Å²) in [7, 11) is 0. The molecule has 0 aliphatic carbocycles. The van der Waals surface area contributed by atoms with Gasteiger partial charge < -0.3 is 14.2 Å². The molecule has 5 atom stereocenters. The van der Waals surface area contributed by atoms with Crippen molar-refractivity contribution >= 4 is 11.9 Å². The van der Waals surface area contributed by atoms with Crippen LogP contribution in [0.2, 0.25) is 0 Å². The smallest absolute Gasteiger partial charge is 0.303 e. The summed E-state index contributed by atoms with van der Waals surface area (Å²) >= 11 is 0. The molecule has 1 saturated heterocycles. The zero-order chi connectivity index (χ0) is 13.9. The average molecular weight is 262 g/mol. The molecule has 104 valence electrons. The van der Waals surface area contributed by atoms with Gasteiger partial charge in [-0.15, -0.1) is 0 Å². The molecule has 0 aromatic carbocycles. The molecule has 2 unspecified atom stereocenters. The Kier molecular flexibility index (Phi) is 5.07. The first-order valence-corrected chi connectivity index (χ1v) is 5.93. The largest absolute Gasteiger partial charge is 0.463 e. The quantitative estimate of drug-likeness (QED) is 0.720. The molecule has 1 aliphatic rings. The highest BCUT2D eigenvalue weighted by atomic mass is 19.1. The molecule has 0 amide bonds. The minimum atomic E-state index is -1.69. The summed E-state index contributed by atoms with van der Waals surface area (Å²) in [6.07, 6.45) is -3.13. The van der Waals surface area contributed by atoms with Crippen molar-refractivity contribution in [2.75, 3.05) is 6.61 Å². The van der Waals surface area contributed by atoms with Gasteiger partial charge in [-0.05, 0) is 5.92 Å². The van der Waals surface area contributed by atoms with E-state index in [1.54, 1.807) is 6.92 Å². The summed E-state index contributed by atoms with van der Waals surface area (Å²) in [5.74, 6) is -1.27. The third-order valence-electron chi connectivity index (χ3n) is 3.25. The molecule has 1 aliphatic heterocycles. The lowest BCUT2D eigenvalue weighted by molar-refractivity contribution is -0.237. The molecular formula is C12H19FO5. The molecule has 0 saturated carbocycles. The molecule has 6 heteroatoms. The highest BCUT2D eigenvalue weighted by Gasteiger charge is 2.44. The van der Waals surface area contributed by atoms with Crippen molar-refractivity contribution in [3.8, 4) is 0 Å². The van der Waals surface area contributed by atoms with Crippen LogP contribution in [0.1, 0.15) is 27.7 Å². The van der Waals surface area contributed by atoms with E-state index in [9.17, 15) is 14.0 Å². The van der Waals surface area contributed by atoms with E-state index >= 15 is 0 Å². The monoisotopic (exact) mass is 262 g/mol. The van der Waals surface area contributed by atoms with Gasteiger partial charge in [0.25, 0.3) is 0 Å². The van der Waals surface area contributed by atoms with Gasteiger partial charge in [-0.3, -0.25) is 9.59 Å². The molecule has 0 N–H and O–H groups in total. The number of carbonyl (C=O) groups excluding carboxylic acids is 2. The van der Waals surface area contributed by atoms with Gasteiger partial charge in [-0.2, -0.15) is 0 Å². The van der Waals surface area contributed by atoms with Gasteiger partial charge in [0, 0.05) is 19.8 Å². The molecule has 0 aromatic rings. The van der Waals surface area contributed by atoms with Gasteiger partial charge in [-0.1, -0.05) is 13.8 Å². The lowest BCUT2D eigenvalue weighted by atomic mass is 9.84. The normalized spacial score (nSPS) is 35.9. The molecule has 1 rings (SSSR count). The van der Waals surface area contributed by atoms with Crippen LogP contribution in [0, 0.1) is 11.8 Å². The Labute approximate surface area is 106 Å². The van der Waals surface area contributed by atoms with E-state index in [1.165, 1.54) is 13.8 Å². The number of hydrogen-bond acceptors (Lipinski definition) is 5. The summed E-state index contributed by atoms with van der Waals surface area (Å²) < 4.78 is 28.6. The zero-order valence-electron chi connectivity index (χ0n) is 11.0. The van der Waals surface area contributed by atoms with Gasteiger partial charge in [-0.25, -0.2) is 4.39 Å². The highest BCUT2D eigenvalue weighted by molar-refractivity contribution is 5.66. The third-order valence-corrected chi connectivity index (χ3v) is 3.25. The number of esters is 2. The van der Waals surface area contributed by atoms with Crippen molar-refractivity contribution in [1.82, 2.24) is 0 Å². The first-order chi connectivity index (χ1) is 8.32. The van der Waals surface area contributed by atoms with Crippen molar-refractivity contribution in [3.05, 3.63) is 0 Å². The fraction of sp³-hybridized carbons (Fsp3) is 0.833. The Morgan fingerprint density at radius 2 is 1.78 bits per heavy atom. The predicted molar refractivity (Wildman–Crippen MR) is 60.3 cm³/mol. The maximum Gasteiger partial charge on any atom is 0.303 e. The topological polar surface area (TPSA) is 61.8 Å². The van der Waals surface area contributed by atoms with Crippen LogP contribution in [0.15, 0.2) is 0 Å². The Bertz CT molecular complexity index is 318. The van der Waals surface area contributed by atoms with Crippen molar-refractivity contribution in [2.24, 2.45) is 11.8 Å². The van der Waals surface area contributed by atoms with E-state index in [4.69, 9.17) is 14.2 Å². The molecule has 1 fully saturated rings. The number of alkyl halides is 1. The van der Waals surface area contributed by atoms with Gasteiger partial charge in [0.1, 0.15) is 6.61 Å². The predicted octanol–water partition coefficient (Wildman–Crippen LogP) is 1.45. The van der Waals surface area contributed by atoms with Crippen LogP contribution in [0.4, 0.5) is 4.39 Å². The number of halogens is 1. The second-order valence-corrected chi connectivity index (χ2v) is 4.62. The summed E-state index contributed by atoms with van der Waals surface area (Å²) in [5, 5.41) is 0. The van der Waals surface area contributed by atoms with E-state index in [2.05, 4.69) is 0 Å². The van der Waals surface area contributed by atoms with Gasteiger partial charge in [0.2, 0.25) is 6.36 Å². The van der Waals surface area contributed by atoms with E-state index in [0.29, 0.717) is 0 Å². The van der Waals surface area contributed by atoms with Crippen LogP contribution in [0.3, 0.4) is 0 Å². The van der Waals surface area contributed by atoms with Crippen molar-refractivity contribution in [2.45, 2.75) is 46.3 Å². The summed E-state index contributed by atoms with van der Waals surface area (Å²) in [4.78, 5) is 21.6. The standard InChI is InChI=1S/C12H19FO5/c1-6-7(2)11(17-9(4)15)12(13)18-10(6)5-16-8(3)14/h6-7,10-12H,5H2,1-4H3/t6-,7-,10?,11?,12-/m0/s1. The Hall–Kier alpha value is -1.17. The van der Waals surface area contributed by atoms with Crippen LogP contribution in [0.5, 0.6) is 0 Å². The van der Waals surface area contributed by atoms with E-state index in [-0.39, 0.29) is 18.4 Å². The molecule has 5 nitrogen and oxygen atoms in total. The number of rotatable bonds is 3. The van der Waals surface area contributed by atoms with Gasteiger partial charge >= 0.3 is 11.9 Å². The van der Waals surface area contributed by atoms with Crippen molar-refractivity contribution < 1.29 is 28.2 Å². The number of carbonyl (C=O) groups is 2. The summed E-state index contributed by atoms with van der Waals surface area (Å²) in [6.45, 7) is 6.16. The fourth-order valence-electron chi connectivity index (χ4n) is 1.99. The second kappa shape index (κ2) is 6.13. The van der Waals surface area contributed by atoms with E-state index < -0.39 is 30.5 Å². The highest BCUT2D eigenvalue weighted by Crippen LogP contribution is 2.33. The average Bonchev–Trinajstić information content (AvgIpc) is 2.27. The first kappa shape index (κ1) is 14.9. The third kappa shape index (κ3) is 3.66. The maximum atomic E-state index is 13.8. The van der Waals surface area contributed by atoms with E-state index in [1.807, 2.05) is 6.92 Å². The molecule has 18 heavy (non-hydrogen) atoms. The second-order valence-electron chi connectivity index (χ2n) is 4.62. The minimum absolute atomic E-state index is 0.00799. The van der Waals surface area contributed by atoms with Gasteiger partial charge in [0.05, 0.1) is 6.10 Å². The zero-order valence-corrected chi connectivity index (χ0v) is 11.0. The number of hydrogen-bond donors (Lipinski definition) is 0. The van der Waals surface area contributed by atoms with Crippen molar-refractivity contribution in [3.63, 3.8) is 0 Å². The van der Waals surface area contributed by atoms with Crippen LogP contribution in [-0.2, 0) is 23.8 Å². The molecule has 0 bridgehead atoms. The Balaban J connectivity index is 2.64. The first-order valence-electron chi connectivity index (χ1n) is 5.93. The van der Waals surface area contributed by atoms with Crippen LogP contribution in [0.25, 0.3) is 0 Å². The maximum absolute atomic E-state index is 13.8. The fourth-order valence-corrected chi connectivity index (χ4v) is 1.99. The van der Waals surface area contributed by atoms with Crippen LogP contribution >= 0.6 is 0 Å². The Morgan fingerprint density at radius 3 is 2.28 bits per heavy atom. The Morgan fingerprint density at radius 1 is 1.17 bits per heavy atom. The molecular weight excluding hydrogens is 243 g/mol. The van der Waals surface area contributed by atoms with Crippen molar-refractivity contribution in [1.29, 1.82) is 0 Å². The molecule has 0 spiro atoms. The number of ether oxygens (including phenoxy) is 3. The van der Waals surface area contributed by atoms with Crippen LogP contribution in [-0.4, -0.2) is 37.1 Å². The van der Waals surface area contributed by atoms with Gasteiger partial charge in [0.15, 0.2) is 6.10 Å². The molecule has 0 radical (unpaired) electrons. The molecule has 0 aromatic heterocycles. The van der Waals surface area contributed by atoms with E-state index in [0.717, 1.165) is 0 Å². The lowest BCUT2D eigenvalue weighted by Gasteiger charge is -2.40. The summed E-state index contributed by atoms with van der Waals surface area (Å²) in [5.41, 5.74) is 0. The summed E-state index contributed by atoms with van der Waals surface area (Å²) in [6, 6.07) is 0. The van der Waals surface area contributed by atoms with Crippen LogP contribution < -0.4 is 0 Å².